The summed E-state index contributed by atoms with van der Waals surface area (Å²) in [6.07, 6.45) is -0.616. The molecule has 0 aromatic heterocycles. The van der Waals surface area contributed by atoms with Crippen LogP contribution in [0.2, 0.25) is 0 Å². The first-order chi connectivity index (χ1) is 5.43. The summed E-state index contributed by atoms with van der Waals surface area (Å²) in [6, 6.07) is -1.35. The number of hydrogen-bond donors (Lipinski definition) is 3. The number of carbonyl (C=O) groups excluding carboxylic acids is 1. The molecule has 0 radical (unpaired) electrons. The molecule has 6 nitrogen and oxygen atoms in total. The Hall–Kier alpha value is -0.590. The molecule has 0 fully saturated rings. The van der Waals surface area contributed by atoms with E-state index in [0.29, 0.717) is 0 Å². The molecule has 1 unspecified atom stereocenters. The van der Waals surface area contributed by atoms with Gasteiger partial charge in [0.15, 0.2) is 0 Å². The molecule has 0 aromatic carbocycles. The van der Waals surface area contributed by atoms with Gasteiger partial charge in [0, 0.05) is 6.92 Å². The van der Waals surface area contributed by atoms with Gasteiger partial charge in [0.05, 0.1) is 6.42 Å². The molecule has 0 bridgehead atoms. The van der Waals surface area contributed by atoms with E-state index in [0.717, 1.165) is 6.92 Å². The standard InChI is InChI=1S/C6H9NO5.Na.H/c1-3(8)7-4(6(11)12)2-5(9)10;;/h4H,2H2,1H3,(H,7,8)(H,9,10)(H,11,12);;. The quantitative estimate of drug-likeness (QED) is 0.473. The summed E-state index contributed by atoms with van der Waals surface area (Å²) in [5.74, 6) is -3.19. The molecule has 0 aliphatic carbocycles. The Kier molecular flexibility index (Phi) is 7.89. The van der Waals surface area contributed by atoms with Crippen molar-refractivity contribution in [1.29, 1.82) is 0 Å². The fourth-order valence-corrected chi connectivity index (χ4v) is 0.620. The first-order valence-corrected chi connectivity index (χ1v) is 3.15. The van der Waals surface area contributed by atoms with Crippen LogP contribution in [0.25, 0.3) is 0 Å². The van der Waals surface area contributed by atoms with Gasteiger partial charge >= 0.3 is 41.5 Å². The average Bonchev–Trinajstić information content (AvgIpc) is 1.83. The molecule has 0 rings (SSSR count). The van der Waals surface area contributed by atoms with E-state index in [1.165, 1.54) is 0 Å². The molecular formula is C6H10NNaO5. The van der Waals surface area contributed by atoms with Gasteiger partial charge < -0.3 is 15.5 Å². The van der Waals surface area contributed by atoms with Crippen molar-refractivity contribution in [2.45, 2.75) is 19.4 Å². The zero-order valence-corrected chi connectivity index (χ0v) is 6.40. The minimum atomic E-state index is -1.35. The number of nitrogens with one attached hydrogen (secondary N) is 1. The van der Waals surface area contributed by atoms with E-state index in [1.54, 1.807) is 0 Å². The van der Waals surface area contributed by atoms with Crippen molar-refractivity contribution in [1.82, 2.24) is 5.32 Å². The van der Waals surface area contributed by atoms with Crippen LogP contribution in [-0.4, -0.2) is 63.7 Å². The van der Waals surface area contributed by atoms with Gasteiger partial charge in [0.25, 0.3) is 0 Å². The Balaban J connectivity index is 0. The monoisotopic (exact) mass is 199 g/mol. The van der Waals surface area contributed by atoms with Gasteiger partial charge in [-0.15, -0.1) is 0 Å². The zero-order valence-electron chi connectivity index (χ0n) is 6.40. The Morgan fingerprint density at radius 3 is 2.00 bits per heavy atom. The van der Waals surface area contributed by atoms with Crippen LogP contribution in [0.15, 0.2) is 0 Å². The molecule has 0 aromatic rings. The van der Waals surface area contributed by atoms with Gasteiger partial charge in [-0.25, -0.2) is 4.79 Å². The van der Waals surface area contributed by atoms with Crippen LogP contribution < -0.4 is 5.32 Å². The molecule has 70 valence electrons. The Bertz CT molecular complexity index is 201. The van der Waals surface area contributed by atoms with Gasteiger partial charge in [0.1, 0.15) is 6.04 Å². The van der Waals surface area contributed by atoms with Crippen LogP contribution in [0.5, 0.6) is 0 Å². The van der Waals surface area contributed by atoms with E-state index in [2.05, 4.69) is 0 Å². The number of hydrogen-bond acceptors (Lipinski definition) is 3. The number of carbonyl (C=O) groups is 3. The van der Waals surface area contributed by atoms with Gasteiger partial charge in [-0.1, -0.05) is 0 Å². The topological polar surface area (TPSA) is 104 Å². The first kappa shape index (κ1) is 14.9. The predicted octanol–water partition coefficient (Wildman–Crippen LogP) is -1.60. The van der Waals surface area contributed by atoms with E-state index in [1.807, 2.05) is 5.32 Å². The maximum absolute atomic E-state index is 10.4. The number of amides is 1. The SMILES string of the molecule is CC(=O)NC(CC(=O)O)C(=O)O.[NaH]. The van der Waals surface area contributed by atoms with Gasteiger partial charge in [-0.3, -0.25) is 9.59 Å². The Labute approximate surface area is 96.6 Å². The van der Waals surface area contributed by atoms with Crippen LogP contribution in [0.3, 0.4) is 0 Å². The van der Waals surface area contributed by atoms with Crippen molar-refractivity contribution in [3.63, 3.8) is 0 Å². The molecule has 0 heterocycles. The van der Waals surface area contributed by atoms with Gasteiger partial charge in [-0.2, -0.15) is 0 Å². The fraction of sp³-hybridized carbons (Fsp3) is 0.500. The van der Waals surface area contributed by atoms with Crippen LogP contribution in [0, 0.1) is 0 Å². The van der Waals surface area contributed by atoms with E-state index in [-0.39, 0.29) is 29.6 Å². The van der Waals surface area contributed by atoms with Crippen molar-refractivity contribution in [2.75, 3.05) is 0 Å². The number of aliphatic carboxylic acids is 2. The maximum atomic E-state index is 10.4. The van der Waals surface area contributed by atoms with E-state index in [4.69, 9.17) is 10.2 Å². The molecule has 0 aliphatic heterocycles. The summed E-state index contributed by atoms with van der Waals surface area (Å²) in [7, 11) is 0. The third-order valence-electron chi connectivity index (χ3n) is 1.05. The molecule has 0 spiro atoms. The molecule has 1 amide bonds. The second-order valence-corrected chi connectivity index (χ2v) is 2.19. The summed E-state index contributed by atoms with van der Waals surface area (Å²) in [5.41, 5.74) is 0. The molecule has 3 N–H and O–H groups in total. The molecule has 0 saturated heterocycles. The van der Waals surface area contributed by atoms with E-state index < -0.39 is 30.3 Å². The summed E-state index contributed by atoms with van der Waals surface area (Å²) in [4.78, 5) is 30.7. The number of rotatable bonds is 4. The minimum absolute atomic E-state index is 0. The molecular weight excluding hydrogens is 189 g/mol. The molecule has 7 heteroatoms. The normalized spacial score (nSPS) is 10.8. The average molecular weight is 199 g/mol. The zero-order chi connectivity index (χ0) is 9.72. The van der Waals surface area contributed by atoms with Crippen LogP contribution in [0.4, 0.5) is 0 Å². The molecule has 0 aliphatic rings. The summed E-state index contributed by atoms with van der Waals surface area (Å²) in [6.45, 7) is 1.12. The second-order valence-electron chi connectivity index (χ2n) is 2.19. The van der Waals surface area contributed by atoms with E-state index in [9.17, 15) is 14.4 Å². The number of carboxylic acid groups (broad SMARTS) is 2. The van der Waals surface area contributed by atoms with Gasteiger partial charge in [0.2, 0.25) is 5.91 Å². The molecule has 0 saturated carbocycles. The van der Waals surface area contributed by atoms with E-state index >= 15 is 0 Å². The van der Waals surface area contributed by atoms with Crippen molar-refractivity contribution in [3.05, 3.63) is 0 Å². The van der Waals surface area contributed by atoms with Crippen LogP contribution in [-0.2, 0) is 14.4 Å². The summed E-state index contributed by atoms with van der Waals surface area (Å²) in [5, 5.41) is 18.6. The second kappa shape index (κ2) is 6.88. The van der Waals surface area contributed by atoms with Gasteiger partial charge in [-0.05, 0) is 0 Å². The third-order valence-corrected chi connectivity index (χ3v) is 1.05. The van der Waals surface area contributed by atoms with Crippen LogP contribution in [0.1, 0.15) is 13.3 Å². The van der Waals surface area contributed by atoms with Crippen LogP contribution >= 0.6 is 0 Å². The Morgan fingerprint density at radius 1 is 1.31 bits per heavy atom. The summed E-state index contributed by atoms with van der Waals surface area (Å²) >= 11 is 0. The fourth-order valence-electron chi connectivity index (χ4n) is 0.620. The molecule has 1 atom stereocenters. The van der Waals surface area contributed by atoms with Crippen molar-refractivity contribution in [2.24, 2.45) is 0 Å². The summed E-state index contributed by atoms with van der Waals surface area (Å²) < 4.78 is 0. The predicted molar refractivity (Wildman–Crippen MR) is 44.6 cm³/mol. The number of carboxylic acids is 2. The molecule has 13 heavy (non-hydrogen) atoms. The first-order valence-electron chi connectivity index (χ1n) is 3.15. The third kappa shape index (κ3) is 7.76. The van der Waals surface area contributed by atoms with Crippen molar-refractivity contribution < 1.29 is 24.6 Å². The van der Waals surface area contributed by atoms with Crippen molar-refractivity contribution >= 4 is 47.4 Å². The van der Waals surface area contributed by atoms with Crippen molar-refractivity contribution in [3.8, 4) is 0 Å². The Morgan fingerprint density at radius 2 is 1.77 bits per heavy atom.